The van der Waals surface area contributed by atoms with Crippen molar-refractivity contribution >= 4 is 33.0 Å². The highest BCUT2D eigenvalue weighted by atomic mass is 16.3. The van der Waals surface area contributed by atoms with Gasteiger partial charge in [-0.15, -0.1) is 0 Å². The van der Waals surface area contributed by atoms with Crippen LogP contribution in [0.1, 0.15) is 82.6 Å². The fraction of sp³-hybridized carbons (Fsp3) is 0.218. The van der Waals surface area contributed by atoms with E-state index in [0.29, 0.717) is 0 Å². The molecule has 0 aliphatic carbocycles. The van der Waals surface area contributed by atoms with E-state index in [0.717, 1.165) is 38.9 Å². The second-order valence-electron chi connectivity index (χ2n) is 17.7. The molecule has 3 nitrogen and oxygen atoms in total. The van der Waals surface area contributed by atoms with Crippen LogP contribution in [-0.4, -0.2) is 4.57 Å². The van der Waals surface area contributed by atoms with Gasteiger partial charge in [0.2, 0.25) is 0 Å². The van der Waals surface area contributed by atoms with E-state index in [2.05, 4.69) is 217 Å². The molecule has 0 aliphatic heterocycles. The summed E-state index contributed by atoms with van der Waals surface area (Å²) in [4.78, 5) is 0. The molecule has 2 heterocycles. The predicted octanol–water partition coefficient (Wildman–Crippen LogP) is 14.9. The third-order valence-electron chi connectivity index (χ3n) is 12.1. The van der Waals surface area contributed by atoms with Gasteiger partial charge < -0.3 is 4.42 Å². The van der Waals surface area contributed by atoms with Gasteiger partial charge in [0.15, 0.2) is 16.6 Å². The molecule has 2 aromatic heterocycles. The number of para-hydroxylation sites is 2. The monoisotopic (exact) mass is 757 g/mol. The number of aromatic nitrogens is 2. The van der Waals surface area contributed by atoms with Crippen molar-refractivity contribution in [2.45, 2.75) is 72.6 Å². The van der Waals surface area contributed by atoms with Gasteiger partial charge in [-0.05, 0) is 105 Å². The lowest BCUT2D eigenvalue weighted by atomic mass is 9.86. The first-order valence-corrected chi connectivity index (χ1v) is 20.8. The van der Waals surface area contributed by atoms with Crippen LogP contribution >= 0.6 is 0 Å². The van der Waals surface area contributed by atoms with Crippen molar-refractivity contribution in [1.82, 2.24) is 4.57 Å². The van der Waals surface area contributed by atoms with Crippen LogP contribution in [0.3, 0.4) is 0 Å². The molecule has 3 heteroatoms. The standard InChI is InChI=1S/C55H53N2O/c1-34(2)46-31-42(40-22-20-38(21-23-40)39-24-27-43(28-25-39)55(6,7)8)32-47(35(3)4)52(46)57-49-18-14-13-17-48(49)56(9)54(57)51-36(5)19-29-45-44-30-26-41(33-50(44)58-53(45)51)37-15-11-10-12-16-37/h10-35H,1-9H3/q+1. The molecule has 0 bridgehead atoms. The normalized spacial score (nSPS) is 12.2. The summed E-state index contributed by atoms with van der Waals surface area (Å²) in [7, 11) is 2.21. The van der Waals surface area contributed by atoms with Crippen LogP contribution in [0, 0.1) is 6.92 Å². The number of hydrogen-bond donors (Lipinski definition) is 0. The smallest absolute Gasteiger partial charge is 0.299 e. The van der Waals surface area contributed by atoms with Crippen LogP contribution in [0.2, 0.25) is 0 Å². The molecule has 0 fully saturated rings. The third kappa shape index (κ3) is 6.34. The first-order valence-electron chi connectivity index (χ1n) is 20.8. The Morgan fingerprint density at radius 3 is 1.71 bits per heavy atom. The summed E-state index contributed by atoms with van der Waals surface area (Å²) in [5.74, 6) is 1.66. The van der Waals surface area contributed by atoms with Crippen LogP contribution < -0.4 is 4.57 Å². The number of imidazole rings is 1. The Morgan fingerprint density at radius 1 is 0.552 bits per heavy atom. The second kappa shape index (κ2) is 14.3. The van der Waals surface area contributed by atoms with Gasteiger partial charge >= 0.3 is 0 Å². The fourth-order valence-corrected chi connectivity index (χ4v) is 8.85. The molecule has 0 N–H and O–H groups in total. The Labute approximate surface area is 343 Å². The molecule has 0 spiro atoms. The first-order chi connectivity index (χ1) is 27.9. The summed E-state index contributed by atoms with van der Waals surface area (Å²) in [5.41, 5.74) is 19.1. The van der Waals surface area contributed by atoms with Gasteiger partial charge in [0.25, 0.3) is 5.82 Å². The number of fused-ring (bicyclic) bond motifs is 4. The minimum atomic E-state index is 0.134. The molecule has 0 saturated heterocycles. The van der Waals surface area contributed by atoms with Crippen molar-refractivity contribution in [1.29, 1.82) is 0 Å². The van der Waals surface area contributed by atoms with Crippen molar-refractivity contribution in [3.8, 4) is 50.5 Å². The Kier molecular flexibility index (Phi) is 9.23. The van der Waals surface area contributed by atoms with Gasteiger partial charge in [0, 0.05) is 21.9 Å². The maximum Gasteiger partial charge on any atom is 0.299 e. The van der Waals surface area contributed by atoms with Crippen molar-refractivity contribution in [2.24, 2.45) is 7.05 Å². The number of hydrogen-bond acceptors (Lipinski definition) is 1. The summed E-state index contributed by atoms with van der Waals surface area (Å²) in [6, 6.07) is 53.6. The predicted molar refractivity (Wildman–Crippen MR) is 245 cm³/mol. The van der Waals surface area contributed by atoms with Gasteiger partial charge in [0.1, 0.15) is 16.8 Å². The van der Waals surface area contributed by atoms with Crippen LogP contribution in [-0.2, 0) is 12.5 Å². The lowest BCUT2D eigenvalue weighted by Gasteiger charge is -2.21. The molecule has 288 valence electrons. The largest absolute Gasteiger partial charge is 0.455 e. The van der Waals surface area contributed by atoms with E-state index >= 15 is 0 Å². The molecule has 58 heavy (non-hydrogen) atoms. The number of aryl methyl sites for hydroxylation is 2. The van der Waals surface area contributed by atoms with Crippen molar-refractivity contribution in [2.75, 3.05) is 0 Å². The molecule has 7 aromatic carbocycles. The van der Waals surface area contributed by atoms with Gasteiger partial charge in [-0.3, -0.25) is 0 Å². The number of nitrogens with zero attached hydrogens (tertiary/aromatic N) is 2. The first kappa shape index (κ1) is 37.4. The summed E-state index contributed by atoms with van der Waals surface area (Å²) >= 11 is 0. The van der Waals surface area contributed by atoms with Crippen LogP contribution in [0.5, 0.6) is 0 Å². The van der Waals surface area contributed by atoms with Crippen LogP contribution in [0.25, 0.3) is 83.4 Å². The Bertz CT molecular complexity index is 2940. The molecule has 0 unspecified atom stereocenters. The van der Waals surface area contributed by atoms with E-state index in [1.54, 1.807) is 0 Å². The maximum absolute atomic E-state index is 6.99. The lowest BCUT2D eigenvalue weighted by Crippen LogP contribution is -2.30. The Hall–Kier alpha value is -6.19. The maximum atomic E-state index is 6.99. The Balaban J connectivity index is 1.24. The molecule has 0 atom stereocenters. The van der Waals surface area contributed by atoms with Crippen molar-refractivity contribution < 1.29 is 8.98 Å². The summed E-state index contributed by atoms with van der Waals surface area (Å²) < 4.78 is 11.9. The van der Waals surface area contributed by atoms with E-state index in [4.69, 9.17) is 4.42 Å². The molecular formula is C55H53N2O+. The van der Waals surface area contributed by atoms with Crippen molar-refractivity contribution in [3.63, 3.8) is 0 Å². The Morgan fingerprint density at radius 2 is 1.09 bits per heavy atom. The molecule has 0 aliphatic rings. The zero-order valence-electron chi connectivity index (χ0n) is 35.3. The minimum Gasteiger partial charge on any atom is -0.455 e. The zero-order chi connectivity index (χ0) is 40.5. The molecular weight excluding hydrogens is 705 g/mol. The minimum absolute atomic E-state index is 0.134. The molecule has 9 rings (SSSR count). The van der Waals surface area contributed by atoms with Gasteiger partial charge in [0.05, 0.1) is 7.05 Å². The molecule has 0 amide bonds. The summed E-state index contributed by atoms with van der Waals surface area (Å²) in [6.07, 6.45) is 0. The van der Waals surface area contributed by atoms with Crippen LogP contribution in [0.15, 0.2) is 150 Å². The van der Waals surface area contributed by atoms with Gasteiger partial charge in [-0.1, -0.05) is 158 Å². The fourth-order valence-electron chi connectivity index (χ4n) is 8.85. The average Bonchev–Trinajstić information content (AvgIpc) is 3.74. The lowest BCUT2D eigenvalue weighted by molar-refractivity contribution is -0.633. The second-order valence-corrected chi connectivity index (χ2v) is 17.7. The van der Waals surface area contributed by atoms with E-state index < -0.39 is 0 Å². The number of rotatable bonds is 7. The number of benzene rings is 7. The third-order valence-corrected chi connectivity index (χ3v) is 12.1. The molecule has 0 radical (unpaired) electrons. The van der Waals surface area contributed by atoms with Gasteiger partial charge in [-0.25, -0.2) is 4.57 Å². The topological polar surface area (TPSA) is 21.9 Å². The van der Waals surface area contributed by atoms with E-state index in [-0.39, 0.29) is 17.3 Å². The quantitative estimate of drug-likeness (QED) is 0.148. The van der Waals surface area contributed by atoms with E-state index in [1.807, 2.05) is 0 Å². The molecule has 9 aromatic rings. The SMILES string of the molecule is Cc1ccc2c(oc3cc(-c4ccccc4)ccc32)c1-c1n(-c2c(C(C)C)cc(-c3ccc(-c4ccc(C(C)(C)C)cc4)cc3)cc2C(C)C)c2ccccc2[n+]1C. The highest BCUT2D eigenvalue weighted by molar-refractivity contribution is 6.10. The highest BCUT2D eigenvalue weighted by Gasteiger charge is 2.34. The van der Waals surface area contributed by atoms with E-state index in [1.165, 1.54) is 66.8 Å². The summed E-state index contributed by atoms with van der Waals surface area (Å²) in [5, 5.41) is 2.26. The van der Waals surface area contributed by atoms with Crippen LogP contribution in [0.4, 0.5) is 0 Å². The number of furan rings is 1. The van der Waals surface area contributed by atoms with Gasteiger partial charge in [-0.2, -0.15) is 4.57 Å². The summed E-state index contributed by atoms with van der Waals surface area (Å²) in [6.45, 7) is 18.3. The zero-order valence-corrected chi connectivity index (χ0v) is 35.3. The van der Waals surface area contributed by atoms with E-state index in [9.17, 15) is 0 Å². The van der Waals surface area contributed by atoms with Crippen molar-refractivity contribution in [3.05, 3.63) is 168 Å². The molecule has 0 saturated carbocycles. The average molecular weight is 758 g/mol. The highest BCUT2D eigenvalue weighted by Crippen LogP contribution is 2.44.